The topological polar surface area (TPSA) is 30.5 Å². The average molecular weight is 276 g/mol. The molecule has 0 bridgehead atoms. The lowest BCUT2D eigenvalue weighted by molar-refractivity contribution is 0.210. The summed E-state index contributed by atoms with van der Waals surface area (Å²) in [4.78, 5) is 0. The molecule has 0 amide bonds. The zero-order valence-electron chi connectivity index (χ0n) is 10.5. The van der Waals surface area contributed by atoms with Crippen molar-refractivity contribution in [3.05, 3.63) is 53.1 Å². The van der Waals surface area contributed by atoms with E-state index in [9.17, 15) is 0 Å². The van der Waals surface area contributed by atoms with Crippen LogP contribution in [0.3, 0.4) is 0 Å². The highest BCUT2D eigenvalue weighted by atomic mass is 35.5. The lowest BCUT2D eigenvalue weighted by Crippen LogP contribution is -2.23. The highest BCUT2D eigenvalue weighted by molar-refractivity contribution is 6.30. The molecule has 98 valence electrons. The van der Waals surface area contributed by atoms with Crippen LogP contribution >= 0.6 is 11.6 Å². The fraction of sp³-hybridized carbons (Fsp3) is 0.200. The van der Waals surface area contributed by atoms with E-state index < -0.39 is 0 Å². The molecule has 1 atom stereocenters. The lowest BCUT2D eigenvalue weighted by Gasteiger charge is -2.28. The van der Waals surface area contributed by atoms with E-state index in [1.807, 2.05) is 42.5 Å². The number of nitrogens with one attached hydrogen (secondary N) is 1. The molecular weight excluding hydrogens is 262 g/mol. The summed E-state index contributed by atoms with van der Waals surface area (Å²) in [7, 11) is 1.66. The summed E-state index contributed by atoms with van der Waals surface area (Å²) < 4.78 is 11.2. The molecule has 1 unspecified atom stereocenters. The molecule has 0 fully saturated rings. The third-order valence-electron chi connectivity index (χ3n) is 3.15. The minimum atomic E-state index is -0.0243. The minimum Gasteiger partial charge on any atom is -0.497 e. The maximum Gasteiger partial charge on any atom is 0.143 e. The third kappa shape index (κ3) is 2.47. The summed E-state index contributed by atoms with van der Waals surface area (Å²) in [6, 6.07) is 13.5. The Morgan fingerprint density at radius 2 is 2.16 bits per heavy atom. The van der Waals surface area contributed by atoms with Gasteiger partial charge in [0, 0.05) is 5.02 Å². The Labute approximate surface area is 117 Å². The van der Waals surface area contributed by atoms with Gasteiger partial charge >= 0.3 is 0 Å². The number of benzene rings is 2. The van der Waals surface area contributed by atoms with Gasteiger partial charge in [-0.05, 0) is 35.9 Å². The fourth-order valence-corrected chi connectivity index (χ4v) is 2.34. The smallest absolute Gasteiger partial charge is 0.143 e. The predicted molar refractivity (Wildman–Crippen MR) is 76.3 cm³/mol. The van der Waals surface area contributed by atoms with Gasteiger partial charge in [0.25, 0.3) is 0 Å². The molecule has 1 aliphatic rings. The fourth-order valence-electron chi connectivity index (χ4n) is 2.17. The maximum atomic E-state index is 6.00. The van der Waals surface area contributed by atoms with Crippen LogP contribution in [0.15, 0.2) is 42.5 Å². The van der Waals surface area contributed by atoms with Gasteiger partial charge in [0.1, 0.15) is 17.6 Å². The zero-order chi connectivity index (χ0) is 13.2. The first-order chi connectivity index (χ1) is 9.26. The van der Waals surface area contributed by atoms with Crippen LogP contribution in [-0.4, -0.2) is 13.7 Å². The van der Waals surface area contributed by atoms with E-state index in [-0.39, 0.29) is 6.10 Å². The number of halogens is 1. The number of rotatable bonds is 2. The van der Waals surface area contributed by atoms with Crippen molar-refractivity contribution in [2.45, 2.75) is 6.10 Å². The van der Waals surface area contributed by atoms with Crippen LogP contribution in [0, 0.1) is 0 Å². The van der Waals surface area contributed by atoms with E-state index in [2.05, 4.69) is 5.32 Å². The Morgan fingerprint density at radius 1 is 1.26 bits per heavy atom. The maximum absolute atomic E-state index is 6.00. The number of ether oxygens (including phenoxy) is 2. The molecule has 0 aliphatic carbocycles. The highest BCUT2D eigenvalue weighted by Crippen LogP contribution is 2.36. The van der Waals surface area contributed by atoms with Crippen LogP contribution in [0.2, 0.25) is 5.02 Å². The molecule has 1 aliphatic heterocycles. The summed E-state index contributed by atoms with van der Waals surface area (Å²) in [6.07, 6.45) is -0.0243. The van der Waals surface area contributed by atoms with Gasteiger partial charge in [-0.2, -0.15) is 0 Å². The Balaban J connectivity index is 1.86. The van der Waals surface area contributed by atoms with Crippen molar-refractivity contribution in [1.29, 1.82) is 0 Å². The van der Waals surface area contributed by atoms with Gasteiger partial charge in [-0.3, -0.25) is 0 Å². The highest BCUT2D eigenvalue weighted by Gasteiger charge is 2.21. The Kier molecular flexibility index (Phi) is 3.22. The first kappa shape index (κ1) is 12.2. The second kappa shape index (κ2) is 5.02. The molecule has 3 nitrogen and oxygen atoms in total. The molecule has 0 radical (unpaired) electrons. The van der Waals surface area contributed by atoms with Crippen molar-refractivity contribution in [2.75, 3.05) is 19.0 Å². The van der Waals surface area contributed by atoms with Crippen molar-refractivity contribution in [3.63, 3.8) is 0 Å². The molecule has 19 heavy (non-hydrogen) atoms. The van der Waals surface area contributed by atoms with Gasteiger partial charge in [-0.25, -0.2) is 0 Å². The Bertz CT molecular complexity index is 600. The summed E-state index contributed by atoms with van der Waals surface area (Å²) >= 11 is 5.96. The lowest BCUT2D eigenvalue weighted by atomic mass is 10.1. The van der Waals surface area contributed by atoms with Gasteiger partial charge in [0.05, 0.1) is 19.3 Å². The molecular formula is C15H14ClNO2. The molecule has 1 heterocycles. The Hall–Kier alpha value is -1.87. The second-order valence-corrected chi connectivity index (χ2v) is 4.84. The molecule has 3 rings (SSSR count). The van der Waals surface area contributed by atoms with Crippen LogP contribution in [0.5, 0.6) is 11.5 Å². The number of hydrogen-bond acceptors (Lipinski definition) is 3. The van der Waals surface area contributed by atoms with Crippen LogP contribution in [0.25, 0.3) is 0 Å². The monoisotopic (exact) mass is 275 g/mol. The van der Waals surface area contributed by atoms with Crippen LogP contribution < -0.4 is 14.8 Å². The van der Waals surface area contributed by atoms with Crippen molar-refractivity contribution in [2.24, 2.45) is 0 Å². The van der Waals surface area contributed by atoms with E-state index in [0.717, 1.165) is 22.7 Å². The van der Waals surface area contributed by atoms with E-state index in [4.69, 9.17) is 21.1 Å². The molecule has 2 aromatic carbocycles. The van der Waals surface area contributed by atoms with Gasteiger partial charge < -0.3 is 14.8 Å². The number of anilines is 1. The van der Waals surface area contributed by atoms with Gasteiger partial charge in [-0.1, -0.05) is 23.7 Å². The number of methoxy groups -OCH3 is 1. The summed E-state index contributed by atoms with van der Waals surface area (Å²) in [6.45, 7) is 0.709. The molecule has 0 aromatic heterocycles. The van der Waals surface area contributed by atoms with Crippen molar-refractivity contribution >= 4 is 17.3 Å². The molecule has 1 N–H and O–H groups in total. The van der Waals surface area contributed by atoms with E-state index in [0.29, 0.717) is 11.6 Å². The minimum absolute atomic E-state index is 0.0243. The molecule has 0 saturated carbocycles. The van der Waals surface area contributed by atoms with Crippen molar-refractivity contribution < 1.29 is 9.47 Å². The van der Waals surface area contributed by atoms with Gasteiger partial charge in [-0.15, -0.1) is 0 Å². The van der Waals surface area contributed by atoms with E-state index >= 15 is 0 Å². The third-order valence-corrected chi connectivity index (χ3v) is 3.39. The second-order valence-electron chi connectivity index (χ2n) is 4.40. The van der Waals surface area contributed by atoms with Crippen LogP contribution in [0.4, 0.5) is 5.69 Å². The molecule has 2 aromatic rings. The first-order valence-electron chi connectivity index (χ1n) is 6.10. The average Bonchev–Trinajstić information content (AvgIpc) is 2.46. The first-order valence-corrected chi connectivity index (χ1v) is 6.48. The van der Waals surface area contributed by atoms with Crippen molar-refractivity contribution in [1.82, 2.24) is 0 Å². The largest absolute Gasteiger partial charge is 0.497 e. The normalized spacial score (nSPS) is 17.1. The predicted octanol–water partition coefficient (Wildman–Crippen LogP) is 3.89. The number of hydrogen-bond donors (Lipinski definition) is 1. The zero-order valence-corrected chi connectivity index (χ0v) is 11.3. The quantitative estimate of drug-likeness (QED) is 0.902. The molecule has 4 heteroatoms. The molecule has 0 spiro atoms. The van der Waals surface area contributed by atoms with Crippen LogP contribution in [-0.2, 0) is 0 Å². The van der Waals surface area contributed by atoms with E-state index in [1.54, 1.807) is 7.11 Å². The number of fused-ring (bicyclic) bond motifs is 1. The SMILES string of the molecule is COc1cccc(C2CNc3cc(Cl)ccc3O2)c1. The summed E-state index contributed by atoms with van der Waals surface area (Å²) in [5.74, 6) is 1.66. The van der Waals surface area contributed by atoms with Gasteiger partial charge in [0.15, 0.2) is 0 Å². The van der Waals surface area contributed by atoms with Gasteiger partial charge in [0.2, 0.25) is 0 Å². The van der Waals surface area contributed by atoms with Crippen LogP contribution in [0.1, 0.15) is 11.7 Å². The standard InChI is InChI=1S/C15H14ClNO2/c1-18-12-4-2-3-10(7-12)15-9-17-13-8-11(16)5-6-14(13)19-15/h2-8,15,17H,9H2,1H3. The van der Waals surface area contributed by atoms with Crippen molar-refractivity contribution in [3.8, 4) is 11.5 Å². The summed E-state index contributed by atoms with van der Waals surface area (Å²) in [5.41, 5.74) is 2.03. The van der Waals surface area contributed by atoms with E-state index in [1.165, 1.54) is 0 Å². The molecule has 0 saturated heterocycles. The Morgan fingerprint density at radius 3 is 3.00 bits per heavy atom. The summed E-state index contributed by atoms with van der Waals surface area (Å²) in [5, 5.41) is 4.04.